The van der Waals surface area contributed by atoms with Crippen LogP contribution in [0.5, 0.6) is 0 Å². The van der Waals surface area contributed by atoms with E-state index in [-0.39, 0.29) is 22.0 Å². The molecule has 0 atom stereocenters. The Morgan fingerprint density at radius 2 is 1.13 bits per heavy atom. The zero-order chi connectivity index (χ0) is 32.3. The summed E-state index contributed by atoms with van der Waals surface area (Å²) in [6.07, 6.45) is 7.29. The highest BCUT2D eigenvalue weighted by Crippen LogP contribution is 2.37. The molecule has 0 bridgehead atoms. The minimum atomic E-state index is -4.06. The Morgan fingerprint density at radius 1 is 0.644 bits per heavy atom. The molecule has 0 radical (unpaired) electrons. The van der Waals surface area contributed by atoms with E-state index in [1.54, 1.807) is 0 Å². The molecular weight excluding hydrogens is 603 g/mol. The van der Waals surface area contributed by atoms with Crippen LogP contribution < -0.4 is 10.9 Å². The van der Waals surface area contributed by atoms with Gasteiger partial charge in [-0.05, 0) is 41.3 Å². The largest absolute Gasteiger partial charge is 0.319 e. The number of nitrogens with zero attached hydrogens (tertiary/aromatic N) is 1. The zero-order valence-corrected chi connectivity index (χ0v) is 28.1. The normalized spacial score (nSPS) is 12.4. The summed E-state index contributed by atoms with van der Waals surface area (Å²) in [6, 6.07) is 34.1. The number of unbranched alkanes of at least 4 members (excludes halogenated alkanes) is 5. The summed E-state index contributed by atoms with van der Waals surface area (Å²) in [4.78, 5) is -0.142. The van der Waals surface area contributed by atoms with Crippen molar-refractivity contribution in [3.63, 3.8) is 0 Å². The van der Waals surface area contributed by atoms with Gasteiger partial charge < -0.3 is 5.43 Å². The maximum Gasteiger partial charge on any atom is 0.245 e. The lowest BCUT2D eigenvalue weighted by atomic mass is 9.77. The van der Waals surface area contributed by atoms with E-state index in [0.29, 0.717) is 6.54 Å². The molecule has 4 rings (SSSR count). The predicted molar refractivity (Wildman–Crippen MR) is 183 cm³/mol. The van der Waals surface area contributed by atoms with Gasteiger partial charge in [-0.2, -0.15) is 4.31 Å². The first kappa shape index (κ1) is 34.4. The SMILES string of the molecule is CCCCCCCCN(CC)S(=O)(=O)c1cc(S(C)(=O)=O)ccc1NNC(c1ccccc1)(c1ccccc1)c1ccccc1. The fraction of sp³-hybridized carbons (Fsp3) is 0.333. The number of sulfone groups is 1. The van der Waals surface area contributed by atoms with E-state index in [2.05, 4.69) is 17.8 Å². The second-order valence-electron chi connectivity index (χ2n) is 11.3. The monoisotopic (exact) mass is 647 g/mol. The first-order chi connectivity index (χ1) is 21.6. The number of rotatable bonds is 17. The lowest BCUT2D eigenvalue weighted by Crippen LogP contribution is -2.48. The topological polar surface area (TPSA) is 95.6 Å². The number of hydrogen-bond donors (Lipinski definition) is 2. The van der Waals surface area contributed by atoms with Crippen LogP contribution in [-0.2, 0) is 25.4 Å². The van der Waals surface area contributed by atoms with Gasteiger partial charge >= 0.3 is 0 Å². The summed E-state index contributed by atoms with van der Waals surface area (Å²) in [6.45, 7) is 4.61. The minimum absolute atomic E-state index is 0.0531. The predicted octanol–water partition coefficient (Wildman–Crippen LogP) is 7.37. The summed E-state index contributed by atoms with van der Waals surface area (Å²) in [5.74, 6) is 0. The second-order valence-corrected chi connectivity index (χ2v) is 15.2. The van der Waals surface area contributed by atoms with Crippen molar-refractivity contribution in [3.05, 3.63) is 126 Å². The standard InChI is InChI=1S/C36H45N3O4S2/c1-4-6-7-8-9-19-28-39(5-2)45(42,43)35-29-33(44(3,40)41)26-27-34(35)37-38-36(30-20-13-10-14-21-30,31-22-15-11-16-23-31)32-24-17-12-18-25-32/h10-18,20-27,29,37-38H,4-9,19,28H2,1-3H3. The van der Waals surface area contributed by atoms with Crippen molar-refractivity contribution in [1.82, 2.24) is 9.73 Å². The Hall–Kier alpha value is -3.50. The number of hydrogen-bond acceptors (Lipinski definition) is 6. The second kappa shape index (κ2) is 15.7. The molecule has 7 nitrogen and oxygen atoms in total. The van der Waals surface area contributed by atoms with E-state index in [4.69, 9.17) is 0 Å². The number of hydrazine groups is 1. The van der Waals surface area contributed by atoms with Crippen molar-refractivity contribution in [2.75, 3.05) is 24.8 Å². The van der Waals surface area contributed by atoms with Crippen molar-refractivity contribution in [2.24, 2.45) is 0 Å². The van der Waals surface area contributed by atoms with Crippen LogP contribution in [0.1, 0.15) is 69.1 Å². The molecule has 0 saturated heterocycles. The average molecular weight is 648 g/mol. The molecule has 0 amide bonds. The quantitative estimate of drug-likeness (QED) is 0.0706. The van der Waals surface area contributed by atoms with Crippen LogP contribution in [0.2, 0.25) is 0 Å². The van der Waals surface area contributed by atoms with Crippen molar-refractivity contribution < 1.29 is 16.8 Å². The van der Waals surface area contributed by atoms with Crippen molar-refractivity contribution in [2.45, 2.75) is 67.7 Å². The fourth-order valence-electron chi connectivity index (χ4n) is 5.65. The molecule has 0 aromatic heterocycles. The third-order valence-corrected chi connectivity index (χ3v) is 11.2. The summed E-state index contributed by atoms with van der Waals surface area (Å²) in [7, 11) is -7.73. The van der Waals surface area contributed by atoms with Crippen molar-refractivity contribution in [3.8, 4) is 0 Å². The molecule has 4 aromatic rings. The molecule has 240 valence electrons. The Bertz CT molecular complexity index is 1620. The van der Waals surface area contributed by atoms with Gasteiger partial charge in [0.1, 0.15) is 10.4 Å². The van der Waals surface area contributed by atoms with E-state index in [1.165, 1.54) is 28.9 Å². The smallest absolute Gasteiger partial charge is 0.245 e. The first-order valence-electron chi connectivity index (χ1n) is 15.7. The third-order valence-electron chi connectivity index (χ3n) is 8.12. The van der Waals surface area contributed by atoms with Crippen LogP contribution in [0.4, 0.5) is 5.69 Å². The van der Waals surface area contributed by atoms with Crippen LogP contribution in [0.3, 0.4) is 0 Å². The summed E-state index contributed by atoms with van der Waals surface area (Å²) in [5.41, 5.74) is 8.91. The molecule has 4 aromatic carbocycles. The highest BCUT2D eigenvalue weighted by Gasteiger charge is 2.37. The Kier molecular flexibility index (Phi) is 12.0. The maximum atomic E-state index is 14.2. The fourth-order valence-corrected chi connectivity index (χ4v) is 8.03. The van der Waals surface area contributed by atoms with Gasteiger partial charge in [0.2, 0.25) is 10.0 Å². The lowest BCUT2D eigenvalue weighted by Gasteiger charge is -2.37. The molecule has 2 N–H and O–H groups in total. The Labute approximate surface area is 269 Å². The molecule has 0 spiro atoms. The molecule has 0 heterocycles. The van der Waals surface area contributed by atoms with Gasteiger partial charge in [-0.15, -0.1) is 0 Å². The number of sulfonamides is 1. The van der Waals surface area contributed by atoms with Gasteiger partial charge in [-0.1, -0.05) is 137 Å². The number of benzene rings is 4. The first-order valence-corrected chi connectivity index (χ1v) is 19.0. The van der Waals surface area contributed by atoms with Crippen LogP contribution in [0, 0.1) is 0 Å². The minimum Gasteiger partial charge on any atom is -0.319 e. The molecule has 0 fully saturated rings. The molecule has 0 aliphatic rings. The van der Waals surface area contributed by atoms with Gasteiger partial charge in [-0.25, -0.2) is 22.3 Å². The van der Waals surface area contributed by atoms with Gasteiger partial charge in [0, 0.05) is 19.3 Å². The highest BCUT2D eigenvalue weighted by atomic mass is 32.2. The summed E-state index contributed by atoms with van der Waals surface area (Å²) >= 11 is 0. The van der Waals surface area contributed by atoms with Crippen LogP contribution in [-0.4, -0.2) is 40.5 Å². The molecule has 0 saturated carbocycles. The van der Waals surface area contributed by atoms with E-state index in [0.717, 1.165) is 55.1 Å². The van der Waals surface area contributed by atoms with Crippen LogP contribution >= 0.6 is 0 Å². The van der Waals surface area contributed by atoms with Gasteiger partial charge in [0.15, 0.2) is 9.84 Å². The van der Waals surface area contributed by atoms with Crippen LogP contribution in [0.25, 0.3) is 0 Å². The molecule has 0 aliphatic carbocycles. The van der Waals surface area contributed by atoms with Crippen molar-refractivity contribution >= 4 is 25.5 Å². The lowest BCUT2D eigenvalue weighted by molar-refractivity contribution is 0.411. The van der Waals surface area contributed by atoms with E-state index < -0.39 is 25.4 Å². The van der Waals surface area contributed by atoms with E-state index >= 15 is 0 Å². The average Bonchev–Trinajstić information content (AvgIpc) is 3.05. The number of anilines is 1. The van der Waals surface area contributed by atoms with Gasteiger partial charge in [0.05, 0.1) is 10.6 Å². The van der Waals surface area contributed by atoms with Crippen molar-refractivity contribution in [1.29, 1.82) is 0 Å². The highest BCUT2D eigenvalue weighted by molar-refractivity contribution is 7.91. The molecule has 45 heavy (non-hydrogen) atoms. The van der Waals surface area contributed by atoms with Crippen LogP contribution in [0.15, 0.2) is 119 Å². The Morgan fingerprint density at radius 3 is 1.60 bits per heavy atom. The zero-order valence-electron chi connectivity index (χ0n) is 26.4. The maximum absolute atomic E-state index is 14.2. The van der Waals surface area contributed by atoms with Gasteiger partial charge in [0.25, 0.3) is 0 Å². The molecule has 9 heteroatoms. The Balaban J connectivity index is 1.79. The molecule has 0 unspecified atom stereocenters. The van der Waals surface area contributed by atoms with E-state index in [1.807, 2.05) is 97.9 Å². The molecule has 0 aliphatic heterocycles. The summed E-state index contributed by atoms with van der Waals surface area (Å²) in [5, 5.41) is 0. The molecular formula is C36H45N3O4S2. The van der Waals surface area contributed by atoms with Gasteiger partial charge in [-0.3, -0.25) is 0 Å². The third kappa shape index (κ3) is 8.21. The van der Waals surface area contributed by atoms with E-state index in [9.17, 15) is 16.8 Å². The number of nitrogens with one attached hydrogen (secondary N) is 2. The summed E-state index contributed by atoms with van der Waals surface area (Å²) < 4.78 is 55.1.